The van der Waals surface area contributed by atoms with Gasteiger partial charge in [-0.2, -0.15) is 0 Å². The van der Waals surface area contributed by atoms with E-state index in [-0.39, 0.29) is 5.56 Å². The van der Waals surface area contributed by atoms with Crippen molar-refractivity contribution in [3.63, 3.8) is 0 Å². The van der Waals surface area contributed by atoms with E-state index in [0.717, 1.165) is 11.1 Å². The second-order valence-corrected chi connectivity index (χ2v) is 3.72. The summed E-state index contributed by atoms with van der Waals surface area (Å²) < 4.78 is 12.5. The maximum Gasteiger partial charge on any atom is 0.335 e. The van der Waals surface area contributed by atoms with Gasteiger partial charge in [0.1, 0.15) is 6.67 Å². The lowest BCUT2D eigenvalue weighted by Crippen LogP contribution is -1.95. The highest BCUT2D eigenvalue weighted by Crippen LogP contribution is 2.22. The van der Waals surface area contributed by atoms with Crippen molar-refractivity contribution in [3.05, 3.63) is 59.7 Å². The number of carboxylic acid groups (broad SMARTS) is 1. The van der Waals surface area contributed by atoms with Gasteiger partial charge in [0.2, 0.25) is 0 Å². The zero-order valence-electron chi connectivity index (χ0n) is 9.06. The van der Waals surface area contributed by atoms with Gasteiger partial charge in [-0.25, -0.2) is 9.18 Å². The number of hydrogen-bond acceptors (Lipinski definition) is 1. The smallest absolute Gasteiger partial charge is 0.335 e. The first-order chi connectivity index (χ1) is 8.20. The summed E-state index contributed by atoms with van der Waals surface area (Å²) in [5, 5.41) is 8.90. The van der Waals surface area contributed by atoms with Crippen LogP contribution in [0.25, 0.3) is 11.1 Å². The summed E-state index contributed by atoms with van der Waals surface area (Å²) in [6.07, 6.45) is 0. The molecule has 0 saturated heterocycles. The highest BCUT2D eigenvalue weighted by Gasteiger charge is 2.05. The quantitative estimate of drug-likeness (QED) is 0.875. The van der Waals surface area contributed by atoms with E-state index in [0.29, 0.717) is 5.56 Å². The summed E-state index contributed by atoms with van der Waals surface area (Å²) in [7, 11) is 0. The molecule has 0 aromatic heterocycles. The summed E-state index contributed by atoms with van der Waals surface area (Å²) in [4.78, 5) is 10.8. The summed E-state index contributed by atoms with van der Waals surface area (Å²) in [5.41, 5.74) is 2.42. The molecule has 0 radical (unpaired) electrons. The van der Waals surface area contributed by atoms with Crippen LogP contribution in [0, 0.1) is 0 Å². The molecule has 2 nitrogen and oxygen atoms in total. The highest BCUT2D eigenvalue weighted by molar-refractivity contribution is 5.89. The van der Waals surface area contributed by atoms with Crippen LogP contribution >= 0.6 is 0 Å². The molecule has 0 aliphatic carbocycles. The number of carboxylic acids is 1. The van der Waals surface area contributed by atoms with E-state index in [1.54, 1.807) is 30.3 Å². The number of alkyl halides is 1. The van der Waals surface area contributed by atoms with Gasteiger partial charge in [-0.1, -0.05) is 30.3 Å². The summed E-state index contributed by atoms with van der Waals surface area (Å²) in [6, 6.07) is 13.6. The van der Waals surface area contributed by atoms with Gasteiger partial charge >= 0.3 is 5.97 Å². The molecule has 2 aromatic rings. The van der Waals surface area contributed by atoms with Crippen LogP contribution in [0.3, 0.4) is 0 Å². The number of rotatable bonds is 3. The largest absolute Gasteiger partial charge is 0.478 e. The molecule has 0 fully saturated rings. The Kier molecular flexibility index (Phi) is 3.19. The van der Waals surface area contributed by atoms with Gasteiger partial charge in [0.15, 0.2) is 0 Å². The minimum atomic E-state index is -0.964. The van der Waals surface area contributed by atoms with Crippen molar-refractivity contribution < 1.29 is 14.3 Å². The molecular weight excluding hydrogens is 219 g/mol. The Bertz CT molecular complexity index is 549. The average molecular weight is 230 g/mol. The molecule has 0 bridgehead atoms. The van der Waals surface area contributed by atoms with Gasteiger partial charge in [0.25, 0.3) is 0 Å². The van der Waals surface area contributed by atoms with Gasteiger partial charge < -0.3 is 5.11 Å². The fourth-order valence-corrected chi connectivity index (χ4v) is 1.67. The lowest BCUT2D eigenvalue weighted by atomic mass is 10.0. The van der Waals surface area contributed by atoms with E-state index < -0.39 is 12.6 Å². The molecule has 17 heavy (non-hydrogen) atoms. The first kappa shape index (κ1) is 11.3. The Morgan fingerprint density at radius 3 is 2.35 bits per heavy atom. The Hall–Kier alpha value is -2.16. The molecule has 0 aliphatic heterocycles. The van der Waals surface area contributed by atoms with Crippen LogP contribution in [0.1, 0.15) is 15.9 Å². The Morgan fingerprint density at radius 1 is 1.06 bits per heavy atom. The molecule has 3 heteroatoms. The predicted molar refractivity (Wildman–Crippen MR) is 63.6 cm³/mol. The highest BCUT2D eigenvalue weighted by atomic mass is 19.1. The third kappa shape index (κ3) is 2.50. The predicted octanol–water partition coefficient (Wildman–Crippen LogP) is 3.52. The molecule has 0 unspecified atom stereocenters. The number of halogens is 1. The Balaban J connectivity index is 2.45. The molecule has 0 saturated carbocycles. The number of aromatic carboxylic acids is 1. The van der Waals surface area contributed by atoms with Crippen molar-refractivity contribution >= 4 is 5.97 Å². The number of hydrogen-bond donors (Lipinski definition) is 1. The van der Waals surface area contributed by atoms with Crippen molar-refractivity contribution in [2.75, 3.05) is 0 Å². The Morgan fingerprint density at radius 2 is 1.71 bits per heavy atom. The fourth-order valence-electron chi connectivity index (χ4n) is 1.67. The molecule has 0 amide bonds. The molecular formula is C14H11FO2. The van der Waals surface area contributed by atoms with Crippen molar-refractivity contribution in [1.29, 1.82) is 0 Å². The maximum absolute atomic E-state index is 12.5. The van der Waals surface area contributed by atoms with Crippen molar-refractivity contribution in [3.8, 4) is 11.1 Å². The van der Waals surface area contributed by atoms with Crippen LogP contribution in [-0.4, -0.2) is 11.1 Å². The van der Waals surface area contributed by atoms with Gasteiger partial charge in [0, 0.05) is 0 Å². The van der Waals surface area contributed by atoms with Gasteiger partial charge in [0.05, 0.1) is 5.56 Å². The molecule has 0 atom stereocenters. The Labute approximate surface area is 98.3 Å². The SMILES string of the molecule is O=C(O)c1cccc(-c2cccc(CF)c2)c1. The van der Waals surface area contributed by atoms with Crippen LogP contribution in [0.15, 0.2) is 48.5 Å². The van der Waals surface area contributed by atoms with E-state index in [2.05, 4.69) is 0 Å². The monoisotopic (exact) mass is 230 g/mol. The summed E-state index contributed by atoms with van der Waals surface area (Å²) in [5.74, 6) is -0.964. The van der Waals surface area contributed by atoms with E-state index >= 15 is 0 Å². The van der Waals surface area contributed by atoms with Crippen LogP contribution in [0.4, 0.5) is 4.39 Å². The van der Waals surface area contributed by atoms with Gasteiger partial charge in [-0.15, -0.1) is 0 Å². The van der Waals surface area contributed by atoms with Crippen LogP contribution in [0.5, 0.6) is 0 Å². The van der Waals surface area contributed by atoms with E-state index in [1.165, 1.54) is 6.07 Å². The molecule has 2 rings (SSSR count). The lowest BCUT2D eigenvalue weighted by Gasteiger charge is -2.04. The number of benzene rings is 2. The molecule has 0 heterocycles. The van der Waals surface area contributed by atoms with Crippen LogP contribution in [0.2, 0.25) is 0 Å². The topological polar surface area (TPSA) is 37.3 Å². The molecule has 1 N–H and O–H groups in total. The molecule has 86 valence electrons. The standard InChI is InChI=1S/C14H11FO2/c15-9-10-3-1-4-11(7-10)12-5-2-6-13(8-12)14(16)17/h1-8H,9H2,(H,16,17). The third-order valence-corrected chi connectivity index (χ3v) is 2.52. The fraction of sp³-hybridized carbons (Fsp3) is 0.0714. The minimum absolute atomic E-state index is 0.230. The summed E-state index contributed by atoms with van der Waals surface area (Å²) >= 11 is 0. The zero-order chi connectivity index (χ0) is 12.3. The third-order valence-electron chi connectivity index (χ3n) is 2.52. The number of carbonyl (C=O) groups is 1. The van der Waals surface area contributed by atoms with Crippen molar-refractivity contribution in [2.45, 2.75) is 6.67 Å². The first-order valence-electron chi connectivity index (χ1n) is 5.19. The van der Waals surface area contributed by atoms with Crippen LogP contribution in [-0.2, 0) is 6.67 Å². The normalized spacial score (nSPS) is 10.2. The van der Waals surface area contributed by atoms with Crippen LogP contribution < -0.4 is 0 Å². The van der Waals surface area contributed by atoms with Gasteiger partial charge in [-0.05, 0) is 34.9 Å². The second kappa shape index (κ2) is 4.78. The average Bonchev–Trinajstić information content (AvgIpc) is 2.39. The van der Waals surface area contributed by atoms with Gasteiger partial charge in [-0.3, -0.25) is 0 Å². The minimum Gasteiger partial charge on any atom is -0.478 e. The second-order valence-electron chi connectivity index (χ2n) is 3.72. The first-order valence-corrected chi connectivity index (χ1v) is 5.19. The summed E-state index contributed by atoms with van der Waals surface area (Å²) in [6.45, 7) is -0.521. The maximum atomic E-state index is 12.5. The molecule has 0 spiro atoms. The zero-order valence-corrected chi connectivity index (χ0v) is 9.06. The van der Waals surface area contributed by atoms with E-state index in [9.17, 15) is 9.18 Å². The van der Waals surface area contributed by atoms with Crippen molar-refractivity contribution in [2.24, 2.45) is 0 Å². The molecule has 2 aromatic carbocycles. The lowest BCUT2D eigenvalue weighted by molar-refractivity contribution is 0.0697. The molecule has 0 aliphatic rings. The van der Waals surface area contributed by atoms with Crippen molar-refractivity contribution in [1.82, 2.24) is 0 Å². The van der Waals surface area contributed by atoms with E-state index in [1.807, 2.05) is 12.1 Å². The van der Waals surface area contributed by atoms with E-state index in [4.69, 9.17) is 5.11 Å².